The Morgan fingerprint density at radius 1 is 1.23 bits per heavy atom. The van der Waals surface area contributed by atoms with Crippen molar-refractivity contribution in [3.8, 4) is 0 Å². The van der Waals surface area contributed by atoms with Gasteiger partial charge >= 0.3 is 5.97 Å². The maximum absolute atomic E-state index is 12.2. The van der Waals surface area contributed by atoms with E-state index in [1.807, 2.05) is 41.9 Å². The molecule has 1 amide bonds. The van der Waals surface area contributed by atoms with E-state index in [4.69, 9.17) is 4.74 Å². The Balaban J connectivity index is 1.51. The number of rotatable bonds is 7. The third-order valence-corrected chi connectivity index (χ3v) is 4.64. The molecular formula is C19H19N3O3S. The van der Waals surface area contributed by atoms with E-state index in [2.05, 4.69) is 10.4 Å². The van der Waals surface area contributed by atoms with E-state index < -0.39 is 12.1 Å². The van der Waals surface area contributed by atoms with E-state index in [9.17, 15) is 9.59 Å². The van der Waals surface area contributed by atoms with Crippen LogP contribution in [-0.2, 0) is 22.6 Å². The summed E-state index contributed by atoms with van der Waals surface area (Å²) in [5.74, 6) is -0.837. The fraction of sp³-hybridized carbons (Fsp3) is 0.211. The highest BCUT2D eigenvalue weighted by atomic mass is 32.1. The standard InChI is InChI=1S/C19H19N3O3S/c1-14(18(23)20-12-17-4-2-11-26-17)25-19(24)16-7-5-15(6-8-16)13-22-10-3-9-21-22/h2-11,14H,12-13H2,1H3,(H,20,23). The molecule has 0 bridgehead atoms. The lowest BCUT2D eigenvalue weighted by atomic mass is 10.1. The molecule has 1 atom stereocenters. The summed E-state index contributed by atoms with van der Waals surface area (Å²) < 4.78 is 7.05. The van der Waals surface area contributed by atoms with E-state index in [1.165, 1.54) is 0 Å². The minimum atomic E-state index is -0.855. The molecule has 0 aliphatic carbocycles. The third kappa shape index (κ3) is 4.80. The van der Waals surface area contributed by atoms with Crippen LogP contribution < -0.4 is 5.32 Å². The number of hydrogen-bond acceptors (Lipinski definition) is 5. The monoisotopic (exact) mass is 369 g/mol. The first kappa shape index (κ1) is 17.9. The zero-order chi connectivity index (χ0) is 18.4. The van der Waals surface area contributed by atoms with Crippen molar-refractivity contribution < 1.29 is 14.3 Å². The second-order valence-corrected chi connectivity index (χ2v) is 6.78. The number of hydrogen-bond donors (Lipinski definition) is 1. The van der Waals surface area contributed by atoms with Gasteiger partial charge in [-0.15, -0.1) is 11.3 Å². The normalized spacial score (nSPS) is 11.7. The van der Waals surface area contributed by atoms with Crippen LogP contribution in [0.1, 0.15) is 27.7 Å². The highest BCUT2D eigenvalue weighted by molar-refractivity contribution is 7.09. The van der Waals surface area contributed by atoms with Gasteiger partial charge in [0, 0.05) is 17.3 Å². The van der Waals surface area contributed by atoms with Crippen molar-refractivity contribution in [2.45, 2.75) is 26.1 Å². The van der Waals surface area contributed by atoms with Crippen molar-refractivity contribution >= 4 is 23.2 Å². The average Bonchev–Trinajstić information content (AvgIpc) is 3.34. The van der Waals surface area contributed by atoms with Gasteiger partial charge in [0.1, 0.15) is 0 Å². The Labute approximate surface area is 155 Å². The van der Waals surface area contributed by atoms with E-state index in [-0.39, 0.29) is 5.91 Å². The number of carbonyl (C=O) groups excluding carboxylic acids is 2. The lowest BCUT2D eigenvalue weighted by molar-refractivity contribution is -0.129. The fourth-order valence-corrected chi connectivity index (χ4v) is 2.99. The average molecular weight is 369 g/mol. The summed E-state index contributed by atoms with van der Waals surface area (Å²) in [6.07, 6.45) is 2.74. The number of amides is 1. The van der Waals surface area contributed by atoms with Crippen LogP contribution in [0, 0.1) is 0 Å². The summed E-state index contributed by atoms with van der Waals surface area (Å²) in [6, 6.07) is 12.8. The van der Waals surface area contributed by atoms with E-state index in [0.717, 1.165) is 10.4 Å². The molecule has 26 heavy (non-hydrogen) atoms. The van der Waals surface area contributed by atoms with Crippen LogP contribution in [0.15, 0.2) is 60.2 Å². The lowest BCUT2D eigenvalue weighted by Gasteiger charge is -2.13. The predicted molar refractivity (Wildman–Crippen MR) is 98.8 cm³/mol. The van der Waals surface area contributed by atoms with Crippen molar-refractivity contribution in [1.82, 2.24) is 15.1 Å². The summed E-state index contributed by atoms with van der Waals surface area (Å²) in [4.78, 5) is 25.3. The maximum Gasteiger partial charge on any atom is 0.338 e. The van der Waals surface area contributed by atoms with Crippen LogP contribution in [0.25, 0.3) is 0 Å². The molecule has 0 saturated carbocycles. The Morgan fingerprint density at radius 2 is 2.04 bits per heavy atom. The molecule has 2 aromatic heterocycles. The van der Waals surface area contributed by atoms with Crippen LogP contribution in [0.2, 0.25) is 0 Å². The van der Waals surface area contributed by atoms with Gasteiger partial charge in [-0.1, -0.05) is 18.2 Å². The maximum atomic E-state index is 12.2. The number of ether oxygens (including phenoxy) is 1. The van der Waals surface area contributed by atoms with Gasteiger partial charge in [0.2, 0.25) is 0 Å². The zero-order valence-electron chi connectivity index (χ0n) is 14.3. The summed E-state index contributed by atoms with van der Waals surface area (Å²) in [7, 11) is 0. The highest BCUT2D eigenvalue weighted by Crippen LogP contribution is 2.10. The van der Waals surface area contributed by atoms with Gasteiger partial charge in [-0.25, -0.2) is 4.79 Å². The lowest BCUT2D eigenvalue weighted by Crippen LogP contribution is -2.35. The summed E-state index contributed by atoms with van der Waals surface area (Å²) in [5, 5.41) is 8.85. The van der Waals surface area contributed by atoms with Gasteiger partial charge < -0.3 is 10.1 Å². The summed E-state index contributed by atoms with van der Waals surface area (Å²) >= 11 is 1.56. The SMILES string of the molecule is CC(OC(=O)c1ccc(Cn2cccn2)cc1)C(=O)NCc1cccs1. The molecule has 134 valence electrons. The van der Waals surface area contributed by atoms with Crippen LogP contribution in [-0.4, -0.2) is 27.8 Å². The largest absolute Gasteiger partial charge is 0.449 e. The number of thiophene rings is 1. The second kappa shape index (κ2) is 8.44. The van der Waals surface area contributed by atoms with Crippen molar-refractivity contribution in [3.63, 3.8) is 0 Å². The minimum Gasteiger partial charge on any atom is -0.449 e. The highest BCUT2D eigenvalue weighted by Gasteiger charge is 2.18. The fourth-order valence-electron chi connectivity index (χ4n) is 2.34. The quantitative estimate of drug-likeness (QED) is 0.650. The van der Waals surface area contributed by atoms with Gasteiger partial charge in [-0.05, 0) is 42.1 Å². The predicted octanol–water partition coefficient (Wildman–Crippen LogP) is 2.85. The van der Waals surface area contributed by atoms with E-state index in [1.54, 1.807) is 41.3 Å². The molecular weight excluding hydrogens is 350 g/mol. The number of esters is 1. The van der Waals surface area contributed by atoms with Gasteiger partial charge in [-0.3, -0.25) is 9.48 Å². The van der Waals surface area contributed by atoms with Crippen LogP contribution in [0.3, 0.4) is 0 Å². The molecule has 1 aromatic carbocycles. The molecule has 0 fully saturated rings. The Bertz CT molecular complexity index is 843. The molecule has 1 unspecified atom stereocenters. The molecule has 1 N–H and O–H groups in total. The molecule has 0 aliphatic heterocycles. The van der Waals surface area contributed by atoms with E-state index in [0.29, 0.717) is 18.7 Å². The van der Waals surface area contributed by atoms with Crippen LogP contribution in [0.5, 0.6) is 0 Å². The molecule has 0 saturated heterocycles. The molecule has 0 spiro atoms. The van der Waals surface area contributed by atoms with Crippen molar-refractivity contribution in [3.05, 3.63) is 76.2 Å². The molecule has 3 rings (SSSR count). The molecule has 3 aromatic rings. The van der Waals surface area contributed by atoms with Gasteiger partial charge in [-0.2, -0.15) is 5.10 Å². The first-order chi connectivity index (χ1) is 12.6. The molecule has 2 heterocycles. The number of aromatic nitrogens is 2. The van der Waals surface area contributed by atoms with Crippen LogP contribution in [0.4, 0.5) is 0 Å². The molecule has 0 aliphatic rings. The summed E-state index contributed by atoms with van der Waals surface area (Å²) in [5.41, 5.74) is 1.43. The second-order valence-electron chi connectivity index (χ2n) is 5.75. The third-order valence-electron chi connectivity index (χ3n) is 3.76. The van der Waals surface area contributed by atoms with Crippen molar-refractivity contribution in [1.29, 1.82) is 0 Å². The van der Waals surface area contributed by atoms with Crippen molar-refractivity contribution in [2.24, 2.45) is 0 Å². The van der Waals surface area contributed by atoms with Crippen molar-refractivity contribution in [2.75, 3.05) is 0 Å². The van der Waals surface area contributed by atoms with E-state index >= 15 is 0 Å². The van der Waals surface area contributed by atoms with Gasteiger partial charge in [0.05, 0.1) is 18.7 Å². The van der Waals surface area contributed by atoms with Gasteiger partial charge in [0.25, 0.3) is 5.91 Å². The number of carbonyl (C=O) groups is 2. The Hall–Kier alpha value is -2.93. The number of nitrogens with zero attached hydrogens (tertiary/aromatic N) is 2. The zero-order valence-corrected chi connectivity index (χ0v) is 15.1. The Morgan fingerprint density at radius 3 is 2.69 bits per heavy atom. The molecule has 7 heteroatoms. The molecule has 6 nitrogen and oxygen atoms in total. The Kier molecular flexibility index (Phi) is 5.80. The number of benzene rings is 1. The first-order valence-electron chi connectivity index (χ1n) is 8.19. The first-order valence-corrected chi connectivity index (χ1v) is 9.07. The molecule has 0 radical (unpaired) electrons. The summed E-state index contributed by atoms with van der Waals surface area (Å²) in [6.45, 7) is 2.62. The van der Waals surface area contributed by atoms with Crippen LogP contribution >= 0.6 is 11.3 Å². The number of nitrogens with one attached hydrogen (secondary N) is 1. The van der Waals surface area contributed by atoms with Gasteiger partial charge in [0.15, 0.2) is 6.10 Å². The smallest absolute Gasteiger partial charge is 0.338 e. The topological polar surface area (TPSA) is 73.2 Å². The minimum absolute atomic E-state index is 0.318.